The van der Waals surface area contributed by atoms with Crippen molar-refractivity contribution in [3.05, 3.63) is 28.8 Å². The van der Waals surface area contributed by atoms with Crippen molar-refractivity contribution in [3.8, 4) is 6.07 Å². The lowest BCUT2D eigenvalue weighted by Gasteiger charge is -2.48. The Hall–Kier alpha value is -1.24. The largest absolute Gasteiger partial charge is 0.365 e. The molecule has 0 aliphatic carbocycles. The number of anilines is 1. The molecule has 0 saturated carbocycles. The predicted octanol–water partition coefficient (Wildman–Crippen LogP) is 3.27. The van der Waals surface area contributed by atoms with Crippen molar-refractivity contribution in [2.24, 2.45) is 0 Å². The molecule has 4 heteroatoms. The van der Waals surface area contributed by atoms with Gasteiger partial charge in [0.1, 0.15) is 6.07 Å². The van der Waals surface area contributed by atoms with Gasteiger partial charge in [-0.2, -0.15) is 5.26 Å². The zero-order chi connectivity index (χ0) is 14.1. The van der Waals surface area contributed by atoms with Crippen molar-refractivity contribution in [2.45, 2.75) is 38.3 Å². The Balaban J connectivity index is 1.88. The number of hydrogen-bond acceptors (Lipinski definition) is 3. The van der Waals surface area contributed by atoms with Crippen molar-refractivity contribution in [1.82, 2.24) is 4.90 Å². The molecule has 1 aromatic rings. The molecule has 0 N–H and O–H groups in total. The Morgan fingerprint density at radius 3 is 2.95 bits per heavy atom. The van der Waals surface area contributed by atoms with Gasteiger partial charge >= 0.3 is 0 Å². The number of hydrogen-bond donors (Lipinski definition) is 0. The van der Waals surface area contributed by atoms with Crippen LogP contribution >= 0.6 is 11.6 Å². The second kappa shape index (κ2) is 5.63. The van der Waals surface area contributed by atoms with Gasteiger partial charge in [0.05, 0.1) is 11.3 Å². The van der Waals surface area contributed by atoms with E-state index < -0.39 is 0 Å². The molecule has 0 bridgehead atoms. The molecule has 1 aromatic carbocycles. The van der Waals surface area contributed by atoms with Gasteiger partial charge in [0.15, 0.2) is 0 Å². The Morgan fingerprint density at radius 1 is 1.30 bits per heavy atom. The van der Waals surface area contributed by atoms with Gasteiger partial charge in [0.25, 0.3) is 0 Å². The summed E-state index contributed by atoms with van der Waals surface area (Å²) in [6.07, 6.45) is 3.93. The first kappa shape index (κ1) is 13.7. The minimum Gasteiger partial charge on any atom is -0.365 e. The third-order valence-electron chi connectivity index (χ3n) is 4.58. The maximum Gasteiger partial charge on any atom is 0.101 e. The lowest BCUT2D eigenvalue weighted by molar-refractivity contribution is 0.115. The molecule has 0 spiro atoms. The molecular formula is C16H20ClN3. The van der Waals surface area contributed by atoms with Crippen LogP contribution in [0.25, 0.3) is 0 Å². The van der Waals surface area contributed by atoms with Crippen LogP contribution in [0.1, 0.15) is 31.7 Å². The summed E-state index contributed by atoms with van der Waals surface area (Å²) < 4.78 is 0. The van der Waals surface area contributed by atoms with E-state index in [-0.39, 0.29) is 0 Å². The fourth-order valence-electron chi connectivity index (χ4n) is 3.54. The highest BCUT2D eigenvalue weighted by Gasteiger charge is 2.33. The summed E-state index contributed by atoms with van der Waals surface area (Å²) in [6.45, 7) is 5.60. The molecule has 0 amide bonds. The number of halogens is 1. The minimum absolute atomic E-state index is 0.442. The Kier molecular flexibility index (Phi) is 3.87. The first-order valence-electron chi connectivity index (χ1n) is 7.39. The quantitative estimate of drug-likeness (QED) is 0.795. The van der Waals surface area contributed by atoms with Gasteiger partial charge in [-0.3, -0.25) is 4.90 Å². The predicted molar refractivity (Wildman–Crippen MR) is 82.2 cm³/mol. The van der Waals surface area contributed by atoms with Crippen molar-refractivity contribution < 1.29 is 0 Å². The van der Waals surface area contributed by atoms with Gasteiger partial charge in [-0.25, -0.2) is 0 Å². The van der Waals surface area contributed by atoms with Crippen LogP contribution in [-0.4, -0.2) is 36.6 Å². The second-order valence-electron chi connectivity index (χ2n) is 5.92. The summed E-state index contributed by atoms with van der Waals surface area (Å²) in [4.78, 5) is 5.01. The summed E-state index contributed by atoms with van der Waals surface area (Å²) in [5.41, 5.74) is 1.73. The van der Waals surface area contributed by atoms with Crippen molar-refractivity contribution in [1.29, 1.82) is 5.26 Å². The van der Waals surface area contributed by atoms with Gasteiger partial charge in [-0.05, 0) is 44.5 Å². The van der Waals surface area contributed by atoms with Crippen LogP contribution in [-0.2, 0) is 0 Å². The highest BCUT2D eigenvalue weighted by atomic mass is 35.5. The standard InChI is InChI=1S/C16H20ClN3/c1-12-10-19-7-3-2-4-15(19)11-20(12)16-6-5-14(17)8-13(16)9-18/h5-6,8,12,15H,2-4,7,10-11H2,1H3. The van der Waals surface area contributed by atoms with E-state index in [1.807, 2.05) is 12.1 Å². The van der Waals surface area contributed by atoms with E-state index in [1.54, 1.807) is 6.07 Å². The molecule has 2 unspecified atom stereocenters. The molecule has 2 heterocycles. The van der Waals surface area contributed by atoms with Crippen LogP contribution < -0.4 is 4.90 Å². The van der Waals surface area contributed by atoms with Gasteiger partial charge in [0.2, 0.25) is 0 Å². The van der Waals surface area contributed by atoms with Crippen LogP contribution in [0, 0.1) is 11.3 Å². The van der Waals surface area contributed by atoms with E-state index in [9.17, 15) is 5.26 Å². The van der Waals surface area contributed by atoms with Crippen LogP contribution in [0.15, 0.2) is 18.2 Å². The first-order chi connectivity index (χ1) is 9.69. The van der Waals surface area contributed by atoms with E-state index in [4.69, 9.17) is 11.6 Å². The highest BCUT2D eigenvalue weighted by molar-refractivity contribution is 6.30. The summed E-state index contributed by atoms with van der Waals surface area (Å²) in [7, 11) is 0. The number of rotatable bonds is 1. The van der Waals surface area contributed by atoms with Crippen LogP contribution in [0.4, 0.5) is 5.69 Å². The average Bonchev–Trinajstić information content (AvgIpc) is 2.46. The fourth-order valence-corrected chi connectivity index (χ4v) is 3.71. The lowest BCUT2D eigenvalue weighted by Crippen LogP contribution is -2.59. The number of nitrogens with zero attached hydrogens (tertiary/aromatic N) is 3. The summed E-state index contributed by atoms with van der Waals surface area (Å²) >= 11 is 6.00. The van der Waals surface area contributed by atoms with Gasteiger partial charge < -0.3 is 4.90 Å². The van der Waals surface area contributed by atoms with E-state index in [2.05, 4.69) is 22.8 Å². The monoisotopic (exact) mass is 289 g/mol. The van der Waals surface area contributed by atoms with Crippen molar-refractivity contribution in [2.75, 3.05) is 24.5 Å². The van der Waals surface area contributed by atoms with E-state index >= 15 is 0 Å². The molecule has 2 atom stereocenters. The van der Waals surface area contributed by atoms with Crippen LogP contribution in [0.5, 0.6) is 0 Å². The van der Waals surface area contributed by atoms with Crippen LogP contribution in [0.3, 0.4) is 0 Å². The summed E-state index contributed by atoms with van der Waals surface area (Å²) in [5, 5.41) is 9.98. The zero-order valence-corrected chi connectivity index (χ0v) is 12.6. The number of piperidine rings is 1. The summed E-state index contributed by atoms with van der Waals surface area (Å²) in [6, 6.07) is 9.03. The Labute approximate surface area is 125 Å². The number of nitriles is 1. The molecule has 3 rings (SSSR count). The normalized spacial score (nSPS) is 26.9. The maximum absolute atomic E-state index is 9.35. The van der Waals surface area contributed by atoms with Crippen molar-refractivity contribution in [3.63, 3.8) is 0 Å². The molecule has 2 aliphatic heterocycles. The Morgan fingerprint density at radius 2 is 2.15 bits per heavy atom. The number of benzene rings is 1. The topological polar surface area (TPSA) is 30.3 Å². The van der Waals surface area contributed by atoms with Gasteiger partial charge in [-0.15, -0.1) is 0 Å². The highest BCUT2D eigenvalue weighted by Crippen LogP contribution is 2.31. The lowest BCUT2D eigenvalue weighted by atomic mass is 9.96. The zero-order valence-electron chi connectivity index (χ0n) is 11.8. The Bertz CT molecular complexity index is 537. The maximum atomic E-state index is 9.35. The minimum atomic E-state index is 0.442. The van der Waals surface area contributed by atoms with Crippen molar-refractivity contribution >= 4 is 17.3 Å². The number of fused-ring (bicyclic) bond motifs is 1. The third kappa shape index (κ3) is 2.51. The molecule has 2 aliphatic rings. The molecule has 2 saturated heterocycles. The van der Waals surface area contributed by atoms with E-state index in [1.165, 1.54) is 25.8 Å². The van der Waals surface area contributed by atoms with Crippen LogP contribution in [0.2, 0.25) is 5.02 Å². The molecule has 0 radical (unpaired) electrons. The second-order valence-corrected chi connectivity index (χ2v) is 6.36. The molecule has 3 nitrogen and oxygen atoms in total. The third-order valence-corrected chi connectivity index (χ3v) is 4.81. The molecule has 106 valence electrons. The molecule has 0 aromatic heterocycles. The molecule has 20 heavy (non-hydrogen) atoms. The molecule has 2 fully saturated rings. The number of piperazine rings is 1. The van der Waals surface area contributed by atoms with Gasteiger partial charge in [-0.1, -0.05) is 18.0 Å². The molecular weight excluding hydrogens is 270 g/mol. The smallest absolute Gasteiger partial charge is 0.101 e. The van der Waals surface area contributed by atoms with Gasteiger partial charge in [0, 0.05) is 30.2 Å². The summed E-state index contributed by atoms with van der Waals surface area (Å²) in [5.74, 6) is 0. The van der Waals surface area contributed by atoms with E-state index in [0.29, 0.717) is 22.7 Å². The average molecular weight is 290 g/mol. The SMILES string of the molecule is CC1CN2CCCCC2CN1c1ccc(Cl)cc1C#N. The fraction of sp³-hybridized carbons (Fsp3) is 0.562. The van der Waals surface area contributed by atoms with E-state index in [0.717, 1.165) is 18.8 Å². The first-order valence-corrected chi connectivity index (χ1v) is 7.77.